The quantitative estimate of drug-likeness (QED) is 0.665. The standard InChI is InChI=1S/C12H13N3O2S/c1-9(11-3-2-4-13-7-11)14-6-10-5-12(15(16)17)18-8-10/h2-5,7-9,14H,6H2,1H3/t9-/m0/s1. The van der Waals surface area contributed by atoms with E-state index in [-0.39, 0.29) is 16.0 Å². The topological polar surface area (TPSA) is 68.1 Å². The fraction of sp³-hybridized carbons (Fsp3) is 0.250. The molecule has 0 fully saturated rings. The van der Waals surface area contributed by atoms with Gasteiger partial charge in [-0.2, -0.15) is 0 Å². The van der Waals surface area contributed by atoms with Crippen LogP contribution in [0.5, 0.6) is 0 Å². The van der Waals surface area contributed by atoms with Crippen molar-refractivity contribution < 1.29 is 4.92 Å². The maximum atomic E-state index is 10.6. The highest BCUT2D eigenvalue weighted by atomic mass is 32.1. The van der Waals surface area contributed by atoms with Gasteiger partial charge in [0.1, 0.15) is 0 Å². The van der Waals surface area contributed by atoms with Gasteiger partial charge in [-0.15, -0.1) is 0 Å². The molecule has 0 saturated carbocycles. The van der Waals surface area contributed by atoms with Crippen molar-refractivity contribution in [3.05, 3.63) is 57.2 Å². The van der Waals surface area contributed by atoms with E-state index in [1.54, 1.807) is 17.6 Å². The lowest BCUT2D eigenvalue weighted by Gasteiger charge is -2.12. The van der Waals surface area contributed by atoms with Gasteiger partial charge in [0.25, 0.3) is 0 Å². The largest absolute Gasteiger partial charge is 0.324 e. The SMILES string of the molecule is C[C@H](NCc1csc([N+](=O)[O-])c1)c1cccnc1. The summed E-state index contributed by atoms with van der Waals surface area (Å²) in [4.78, 5) is 14.3. The first-order valence-corrected chi connectivity index (χ1v) is 6.40. The van der Waals surface area contributed by atoms with E-state index in [0.717, 1.165) is 22.5 Å². The summed E-state index contributed by atoms with van der Waals surface area (Å²) in [5, 5.41) is 15.9. The fourth-order valence-electron chi connectivity index (χ4n) is 1.57. The van der Waals surface area contributed by atoms with E-state index < -0.39 is 0 Å². The Hall–Kier alpha value is -1.79. The number of nitrogens with one attached hydrogen (secondary N) is 1. The Morgan fingerprint density at radius 2 is 2.44 bits per heavy atom. The van der Waals surface area contributed by atoms with Crippen LogP contribution < -0.4 is 5.32 Å². The number of aromatic nitrogens is 1. The molecule has 0 bridgehead atoms. The van der Waals surface area contributed by atoms with Gasteiger partial charge in [0.05, 0.1) is 4.92 Å². The number of rotatable bonds is 5. The van der Waals surface area contributed by atoms with Gasteiger partial charge in [-0.05, 0) is 24.1 Å². The first-order valence-electron chi connectivity index (χ1n) is 5.52. The minimum Gasteiger partial charge on any atom is -0.306 e. The second-order valence-electron chi connectivity index (χ2n) is 3.94. The second kappa shape index (κ2) is 5.70. The van der Waals surface area contributed by atoms with E-state index in [1.165, 1.54) is 0 Å². The molecule has 18 heavy (non-hydrogen) atoms. The van der Waals surface area contributed by atoms with Gasteiger partial charge in [0.15, 0.2) is 0 Å². The molecule has 2 rings (SSSR count). The smallest absolute Gasteiger partial charge is 0.306 e. The summed E-state index contributed by atoms with van der Waals surface area (Å²) in [5.74, 6) is 0. The number of nitrogens with zero attached hydrogens (tertiary/aromatic N) is 2. The molecule has 0 unspecified atom stereocenters. The molecule has 1 atom stereocenters. The summed E-state index contributed by atoms with van der Waals surface area (Å²) in [6.45, 7) is 2.65. The molecule has 0 spiro atoms. The molecule has 2 heterocycles. The summed E-state index contributed by atoms with van der Waals surface area (Å²) in [5.41, 5.74) is 2.03. The third-order valence-electron chi connectivity index (χ3n) is 2.62. The van der Waals surface area contributed by atoms with Gasteiger partial charge in [0.2, 0.25) is 0 Å². The molecule has 0 aliphatic rings. The van der Waals surface area contributed by atoms with Gasteiger partial charge < -0.3 is 5.32 Å². The molecule has 5 nitrogen and oxygen atoms in total. The average Bonchev–Trinajstić information content (AvgIpc) is 2.86. The van der Waals surface area contributed by atoms with E-state index in [0.29, 0.717) is 6.54 Å². The Balaban J connectivity index is 1.93. The summed E-state index contributed by atoms with van der Waals surface area (Å²) < 4.78 is 0. The van der Waals surface area contributed by atoms with Crippen LogP contribution in [0.1, 0.15) is 24.1 Å². The fourth-order valence-corrected chi connectivity index (χ4v) is 2.30. The molecular formula is C12H13N3O2S. The van der Waals surface area contributed by atoms with Crippen LogP contribution in [-0.4, -0.2) is 9.91 Å². The number of thiophene rings is 1. The number of nitro groups is 1. The Bertz CT molecular complexity index is 527. The van der Waals surface area contributed by atoms with E-state index in [9.17, 15) is 10.1 Å². The Morgan fingerprint density at radius 1 is 1.61 bits per heavy atom. The highest BCUT2D eigenvalue weighted by Gasteiger charge is 2.10. The zero-order valence-corrected chi connectivity index (χ0v) is 10.7. The Kier molecular flexibility index (Phi) is 4.01. The van der Waals surface area contributed by atoms with Crippen molar-refractivity contribution >= 4 is 16.3 Å². The van der Waals surface area contributed by atoms with Crippen LogP contribution in [0.15, 0.2) is 36.0 Å². The maximum Gasteiger partial charge on any atom is 0.324 e. The van der Waals surface area contributed by atoms with E-state index in [4.69, 9.17) is 0 Å². The normalized spacial score (nSPS) is 12.3. The lowest BCUT2D eigenvalue weighted by atomic mass is 10.1. The van der Waals surface area contributed by atoms with Crippen molar-refractivity contribution in [2.75, 3.05) is 0 Å². The van der Waals surface area contributed by atoms with Crippen molar-refractivity contribution in [2.45, 2.75) is 19.5 Å². The highest BCUT2D eigenvalue weighted by Crippen LogP contribution is 2.23. The highest BCUT2D eigenvalue weighted by molar-refractivity contribution is 7.13. The van der Waals surface area contributed by atoms with E-state index in [1.807, 2.05) is 25.3 Å². The minimum absolute atomic E-state index is 0.164. The van der Waals surface area contributed by atoms with Crippen molar-refractivity contribution in [1.29, 1.82) is 0 Å². The van der Waals surface area contributed by atoms with Crippen molar-refractivity contribution in [3.63, 3.8) is 0 Å². The molecule has 0 saturated heterocycles. The van der Waals surface area contributed by atoms with Crippen LogP contribution in [0.4, 0.5) is 5.00 Å². The first-order chi connectivity index (χ1) is 8.66. The molecule has 0 aromatic carbocycles. The number of pyridine rings is 1. The third kappa shape index (κ3) is 3.12. The Morgan fingerprint density at radius 3 is 3.06 bits per heavy atom. The predicted octanol–water partition coefficient (Wildman–Crippen LogP) is 2.90. The van der Waals surface area contributed by atoms with E-state index in [2.05, 4.69) is 10.3 Å². The van der Waals surface area contributed by atoms with Crippen LogP contribution in [0.2, 0.25) is 0 Å². The molecule has 6 heteroatoms. The van der Waals surface area contributed by atoms with Crippen LogP contribution in [-0.2, 0) is 6.54 Å². The molecule has 1 N–H and O–H groups in total. The lowest BCUT2D eigenvalue weighted by Crippen LogP contribution is -2.17. The van der Waals surface area contributed by atoms with Gasteiger partial charge in [-0.3, -0.25) is 15.1 Å². The van der Waals surface area contributed by atoms with Gasteiger partial charge in [-0.1, -0.05) is 17.4 Å². The molecule has 0 aliphatic carbocycles. The lowest BCUT2D eigenvalue weighted by molar-refractivity contribution is -0.380. The molecule has 2 aromatic heterocycles. The average molecular weight is 263 g/mol. The summed E-state index contributed by atoms with van der Waals surface area (Å²) in [7, 11) is 0. The maximum absolute atomic E-state index is 10.6. The summed E-state index contributed by atoms with van der Waals surface area (Å²) in [6.07, 6.45) is 3.55. The first kappa shape index (κ1) is 12.7. The third-order valence-corrected chi connectivity index (χ3v) is 3.55. The summed E-state index contributed by atoms with van der Waals surface area (Å²) in [6, 6.07) is 5.66. The molecule has 94 valence electrons. The van der Waals surface area contributed by atoms with Gasteiger partial charge in [-0.25, -0.2) is 0 Å². The molecular weight excluding hydrogens is 250 g/mol. The monoisotopic (exact) mass is 263 g/mol. The van der Waals surface area contributed by atoms with Crippen LogP contribution >= 0.6 is 11.3 Å². The van der Waals surface area contributed by atoms with Crippen molar-refractivity contribution in [2.24, 2.45) is 0 Å². The van der Waals surface area contributed by atoms with Crippen LogP contribution in [0.25, 0.3) is 0 Å². The zero-order chi connectivity index (χ0) is 13.0. The molecule has 0 radical (unpaired) electrons. The molecule has 0 amide bonds. The van der Waals surface area contributed by atoms with Crippen molar-refractivity contribution in [1.82, 2.24) is 10.3 Å². The zero-order valence-electron chi connectivity index (χ0n) is 9.87. The van der Waals surface area contributed by atoms with Gasteiger partial charge >= 0.3 is 5.00 Å². The molecule has 0 aliphatic heterocycles. The number of hydrogen-bond acceptors (Lipinski definition) is 5. The van der Waals surface area contributed by atoms with E-state index >= 15 is 0 Å². The number of hydrogen-bond donors (Lipinski definition) is 1. The minimum atomic E-state index is -0.362. The summed E-state index contributed by atoms with van der Waals surface area (Å²) >= 11 is 1.15. The second-order valence-corrected chi connectivity index (χ2v) is 4.83. The van der Waals surface area contributed by atoms with Crippen LogP contribution in [0, 0.1) is 10.1 Å². The molecule has 2 aromatic rings. The van der Waals surface area contributed by atoms with Gasteiger partial charge in [0, 0.05) is 36.4 Å². The predicted molar refractivity (Wildman–Crippen MR) is 70.5 cm³/mol. The van der Waals surface area contributed by atoms with Crippen molar-refractivity contribution in [3.8, 4) is 0 Å². The Labute approximate surface area is 109 Å². The van der Waals surface area contributed by atoms with Crippen LogP contribution in [0.3, 0.4) is 0 Å².